The first-order valence-corrected chi connectivity index (χ1v) is 16.6. The van der Waals surface area contributed by atoms with Crippen molar-refractivity contribution in [3.63, 3.8) is 0 Å². The van der Waals surface area contributed by atoms with Crippen LogP contribution < -0.4 is 10.6 Å². The van der Waals surface area contributed by atoms with Crippen molar-refractivity contribution in [1.82, 2.24) is 35.4 Å². The van der Waals surface area contributed by atoms with Gasteiger partial charge in [-0.3, -0.25) is 29.4 Å². The van der Waals surface area contributed by atoms with E-state index < -0.39 is 58.1 Å². The lowest BCUT2D eigenvalue weighted by Crippen LogP contribution is -2.71. The van der Waals surface area contributed by atoms with Crippen molar-refractivity contribution in [2.24, 2.45) is 5.16 Å². The number of carboxylic acids is 2. The quantitative estimate of drug-likeness (QED) is 0.0990. The highest BCUT2D eigenvalue weighted by Gasteiger charge is 2.54. The standard InChI is InChI=1S/C24H24F3N9O8S3/c25-24(26,27)21(43)30-22-28-12(9-46-22)14(32-44-11-3-1-2-4-11)17(39)29-15-18(40)36-16(20(41)42)10(7-45-19(15)36)8-47-23-31-33-34-35(23)6-5-13(37)38/h9,11,15,19H,1-8H2,(H,29,39)(H,37,38)(H,41,42)(H,28,30,43)/t15?,19-/m0/s1. The highest BCUT2D eigenvalue weighted by atomic mass is 32.2. The molecule has 0 bridgehead atoms. The number of thioether (sulfide) groups is 2. The van der Waals surface area contributed by atoms with Crippen LogP contribution >= 0.6 is 34.9 Å². The van der Waals surface area contributed by atoms with E-state index in [-0.39, 0.29) is 47.1 Å². The number of tetrazole rings is 1. The van der Waals surface area contributed by atoms with Crippen LogP contribution in [0.5, 0.6) is 0 Å². The van der Waals surface area contributed by atoms with E-state index in [2.05, 4.69) is 31.0 Å². The van der Waals surface area contributed by atoms with Gasteiger partial charge in [0.25, 0.3) is 11.8 Å². The predicted octanol–water partition coefficient (Wildman–Crippen LogP) is 1.30. The third-order valence-corrected chi connectivity index (χ3v) is 10.1. The number of nitrogens with zero attached hydrogens (tertiary/aromatic N) is 7. The van der Waals surface area contributed by atoms with Crippen molar-refractivity contribution in [3.8, 4) is 0 Å². The summed E-state index contributed by atoms with van der Waals surface area (Å²) in [5.41, 5.74) is -0.555. The van der Waals surface area contributed by atoms with E-state index in [0.29, 0.717) is 29.8 Å². The molecule has 1 unspecified atom stereocenters. The second-order valence-corrected chi connectivity index (χ2v) is 13.1. The number of aryl methyl sites for hydroxylation is 1. The van der Waals surface area contributed by atoms with E-state index in [1.165, 1.54) is 21.8 Å². The van der Waals surface area contributed by atoms with Gasteiger partial charge in [0.15, 0.2) is 10.8 Å². The summed E-state index contributed by atoms with van der Waals surface area (Å²) in [6.45, 7) is -0.000286. The van der Waals surface area contributed by atoms with Crippen molar-refractivity contribution in [2.75, 3.05) is 16.8 Å². The fourth-order valence-corrected chi connectivity index (χ4v) is 7.81. The van der Waals surface area contributed by atoms with Crippen LogP contribution in [0.3, 0.4) is 0 Å². The highest BCUT2D eigenvalue weighted by molar-refractivity contribution is 8.01. The molecule has 47 heavy (non-hydrogen) atoms. The molecular formula is C24H24F3N9O8S3. The summed E-state index contributed by atoms with van der Waals surface area (Å²) < 4.78 is 39.4. The molecule has 1 saturated heterocycles. The lowest BCUT2D eigenvalue weighted by atomic mass is 10.0. The first kappa shape index (κ1) is 34.1. The Hall–Kier alpha value is -4.25. The van der Waals surface area contributed by atoms with Gasteiger partial charge in [-0.05, 0) is 41.7 Å². The molecule has 3 aliphatic rings. The normalized spacial score (nSPS) is 20.1. The van der Waals surface area contributed by atoms with Crippen LogP contribution in [0.2, 0.25) is 0 Å². The number of fused-ring (bicyclic) bond motifs is 1. The summed E-state index contributed by atoms with van der Waals surface area (Å²) in [4.78, 5) is 71.6. The molecule has 2 aliphatic heterocycles. The second-order valence-electron chi connectivity index (χ2n) is 10.2. The maximum atomic E-state index is 13.4. The molecule has 0 spiro atoms. The average molecular weight is 720 g/mol. The third-order valence-electron chi connectivity index (χ3n) is 6.98. The van der Waals surface area contributed by atoms with Crippen LogP contribution in [0.15, 0.2) is 27.0 Å². The molecule has 17 nitrogen and oxygen atoms in total. The molecule has 5 rings (SSSR count). The van der Waals surface area contributed by atoms with Gasteiger partial charge in [0.05, 0.1) is 13.0 Å². The average Bonchev–Trinajstić information content (AvgIpc) is 3.80. The summed E-state index contributed by atoms with van der Waals surface area (Å²) in [6, 6.07) is -1.18. The molecule has 0 radical (unpaired) electrons. The zero-order chi connectivity index (χ0) is 33.9. The monoisotopic (exact) mass is 719 g/mol. The number of carboxylic acid groups (broad SMARTS) is 2. The van der Waals surface area contributed by atoms with E-state index in [1.54, 1.807) is 5.32 Å². The molecule has 4 heterocycles. The van der Waals surface area contributed by atoms with E-state index in [0.717, 1.165) is 29.5 Å². The van der Waals surface area contributed by atoms with Crippen molar-refractivity contribution in [3.05, 3.63) is 22.3 Å². The number of halogens is 3. The van der Waals surface area contributed by atoms with Crippen LogP contribution in [0.25, 0.3) is 0 Å². The molecule has 1 aliphatic carbocycles. The molecule has 1 saturated carbocycles. The number of anilines is 1. The minimum absolute atomic E-state index is 0.000286. The number of rotatable bonds is 13. The molecule has 4 N–H and O–H groups in total. The van der Waals surface area contributed by atoms with Crippen LogP contribution in [0.4, 0.5) is 18.3 Å². The summed E-state index contributed by atoms with van der Waals surface area (Å²) >= 11 is 2.87. The molecular weight excluding hydrogens is 696 g/mol. The van der Waals surface area contributed by atoms with E-state index in [9.17, 15) is 42.3 Å². The number of nitrogens with one attached hydrogen (secondary N) is 2. The van der Waals surface area contributed by atoms with E-state index >= 15 is 0 Å². The third kappa shape index (κ3) is 7.84. The number of oxime groups is 1. The second kappa shape index (κ2) is 14.3. The van der Waals surface area contributed by atoms with Gasteiger partial charge in [0, 0.05) is 16.9 Å². The lowest BCUT2D eigenvalue weighted by Gasteiger charge is -2.49. The lowest BCUT2D eigenvalue weighted by molar-refractivity contribution is -0.167. The first-order valence-electron chi connectivity index (χ1n) is 13.7. The van der Waals surface area contributed by atoms with Gasteiger partial charge >= 0.3 is 24.0 Å². The number of aromatic nitrogens is 5. The smallest absolute Gasteiger partial charge is 0.471 e. The Balaban J connectivity index is 1.29. The number of carbonyl (C=O) groups is 5. The summed E-state index contributed by atoms with van der Waals surface area (Å²) in [7, 11) is 0. The minimum atomic E-state index is -5.17. The zero-order valence-electron chi connectivity index (χ0n) is 23.8. The highest BCUT2D eigenvalue weighted by Crippen LogP contribution is 2.41. The minimum Gasteiger partial charge on any atom is -0.481 e. The van der Waals surface area contributed by atoms with Crippen molar-refractivity contribution in [2.45, 2.75) is 67.5 Å². The predicted molar refractivity (Wildman–Crippen MR) is 157 cm³/mol. The number of β-lactam (4-membered cyclic amide) rings is 1. The summed E-state index contributed by atoms with van der Waals surface area (Å²) in [5.74, 6) is -6.13. The maximum absolute atomic E-state index is 13.4. The molecule has 2 aromatic heterocycles. The van der Waals surface area contributed by atoms with Gasteiger partial charge in [0.2, 0.25) is 5.16 Å². The molecule has 0 aromatic carbocycles. The fourth-order valence-electron chi connectivity index (χ4n) is 4.73. The fraction of sp³-hybridized carbons (Fsp3) is 0.500. The van der Waals surface area contributed by atoms with Gasteiger partial charge < -0.3 is 20.4 Å². The van der Waals surface area contributed by atoms with Gasteiger partial charge in [-0.25, -0.2) is 14.5 Å². The van der Waals surface area contributed by atoms with Crippen LogP contribution in [-0.4, -0.2) is 111 Å². The maximum Gasteiger partial charge on any atom is 0.471 e. The number of hydrogen-bond acceptors (Lipinski definition) is 14. The molecule has 23 heteroatoms. The van der Waals surface area contributed by atoms with E-state index in [4.69, 9.17) is 9.94 Å². The molecule has 2 atom stereocenters. The Morgan fingerprint density at radius 1 is 1.19 bits per heavy atom. The Morgan fingerprint density at radius 3 is 2.62 bits per heavy atom. The Kier molecular flexibility index (Phi) is 10.3. The Morgan fingerprint density at radius 2 is 1.94 bits per heavy atom. The molecule has 252 valence electrons. The summed E-state index contributed by atoms with van der Waals surface area (Å²) in [6.07, 6.45) is -2.62. The Labute approximate surface area is 274 Å². The largest absolute Gasteiger partial charge is 0.481 e. The number of thiazole rings is 1. The Bertz CT molecular complexity index is 1640. The zero-order valence-corrected chi connectivity index (χ0v) is 26.2. The van der Waals surface area contributed by atoms with Crippen LogP contribution in [0, 0.1) is 0 Å². The van der Waals surface area contributed by atoms with Crippen LogP contribution in [0.1, 0.15) is 37.8 Å². The van der Waals surface area contributed by atoms with Crippen LogP contribution in [-0.2, 0) is 35.4 Å². The topological polar surface area (TPSA) is 231 Å². The molecule has 2 fully saturated rings. The van der Waals surface area contributed by atoms with Crippen molar-refractivity contribution >= 4 is 75.4 Å². The molecule has 2 aromatic rings. The van der Waals surface area contributed by atoms with Gasteiger partial charge in [-0.15, -0.1) is 28.2 Å². The van der Waals surface area contributed by atoms with Gasteiger partial charge in [0.1, 0.15) is 28.9 Å². The number of amides is 3. The number of hydrogen-bond donors (Lipinski definition) is 4. The van der Waals surface area contributed by atoms with Crippen molar-refractivity contribution < 1.29 is 52.2 Å². The number of aliphatic carboxylic acids is 2. The van der Waals surface area contributed by atoms with Gasteiger partial charge in [-0.1, -0.05) is 16.9 Å². The molecule has 3 amide bonds. The summed E-state index contributed by atoms with van der Waals surface area (Å²) in [5, 5.41) is 38.2. The first-order chi connectivity index (χ1) is 22.3. The number of carbonyl (C=O) groups excluding carboxylic acids is 3. The van der Waals surface area contributed by atoms with Gasteiger partial charge in [-0.2, -0.15) is 13.2 Å². The van der Waals surface area contributed by atoms with E-state index in [1.807, 2.05) is 0 Å². The van der Waals surface area contributed by atoms with Crippen molar-refractivity contribution in [1.29, 1.82) is 0 Å². The number of alkyl halides is 3. The SMILES string of the molecule is O=C(O)CCn1nnnc1SCC1=C(C(=O)O)N2C(=O)C(NC(=O)C(=NOC3CCCC3)c3csc(NC(=O)C(F)(F)F)n3)[C@@H]2SC1.